The zero-order valence-corrected chi connectivity index (χ0v) is 17.9. The van der Waals surface area contributed by atoms with Crippen LogP contribution in [0.15, 0.2) is 66.0 Å². The van der Waals surface area contributed by atoms with Gasteiger partial charge in [-0.05, 0) is 42.7 Å². The molecule has 3 aromatic rings. The monoisotopic (exact) mass is 464 g/mol. The number of thioether (sulfide) groups is 1. The van der Waals surface area contributed by atoms with E-state index in [1.165, 1.54) is 42.0 Å². The van der Waals surface area contributed by atoms with Crippen LogP contribution in [-0.2, 0) is 4.79 Å². The van der Waals surface area contributed by atoms with Gasteiger partial charge in [0.25, 0.3) is 5.91 Å². The summed E-state index contributed by atoms with van der Waals surface area (Å²) >= 11 is 1.38. The molecule has 0 fully saturated rings. The molecule has 1 heterocycles. The molecule has 0 aliphatic carbocycles. The van der Waals surface area contributed by atoms with Crippen LogP contribution in [0.4, 0.5) is 18.9 Å². The molecule has 7 nitrogen and oxygen atoms in total. The van der Waals surface area contributed by atoms with E-state index in [9.17, 15) is 22.8 Å². The lowest BCUT2D eigenvalue weighted by atomic mass is 10.3. The average Bonchev–Trinajstić information content (AvgIpc) is 3.18. The van der Waals surface area contributed by atoms with Crippen LogP contribution in [0.5, 0.6) is 5.75 Å². The van der Waals surface area contributed by atoms with Gasteiger partial charge in [-0.1, -0.05) is 30.0 Å². The predicted molar refractivity (Wildman–Crippen MR) is 114 cm³/mol. The maximum absolute atomic E-state index is 13.0. The lowest BCUT2D eigenvalue weighted by molar-refractivity contribution is -0.274. The Kier molecular flexibility index (Phi) is 7.08. The van der Waals surface area contributed by atoms with Crippen LogP contribution in [0, 0.1) is 0 Å². The molecule has 0 radical (unpaired) electrons. The largest absolute Gasteiger partial charge is 0.573 e. The van der Waals surface area contributed by atoms with E-state index in [0.717, 1.165) is 17.8 Å². The summed E-state index contributed by atoms with van der Waals surface area (Å²) in [5.74, 6) is -1.33. The summed E-state index contributed by atoms with van der Waals surface area (Å²) in [6.07, 6.45) is -1.50. The molecule has 0 bridgehead atoms. The second-order valence-electron chi connectivity index (χ2n) is 6.58. The molecule has 0 spiro atoms. The Morgan fingerprint density at radius 2 is 1.78 bits per heavy atom. The Labute approximate surface area is 186 Å². The Hall–Kier alpha value is -3.47. The van der Waals surface area contributed by atoms with Crippen molar-refractivity contribution in [2.45, 2.75) is 11.5 Å². The zero-order chi connectivity index (χ0) is 23.3. The highest BCUT2D eigenvalue weighted by atomic mass is 32.2. The number of nitrogens with one attached hydrogen (secondary N) is 1. The highest BCUT2D eigenvalue weighted by Gasteiger charge is 2.31. The van der Waals surface area contributed by atoms with Gasteiger partial charge in [0.05, 0.1) is 12.7 Å². The van der Waals surface area contributed by atoms with Crippen LogP contribution in [0.2, 0.25) is 0 Å². The molecule has 0 saturated heterocycles. The van der Waals surface area contributed by atoms with Gasteiger partial charge in [-0.25, -0.2) is 4.98 Å². The number of anilines is 1. The minimum Gasteiger partial charge on any atom is -0.406 e. The first kappa shape index (κ1) is 23.2. The van der Waals surface area contributed by atoms with Crippen LogP contribution in [0.3, 0.4) is 0 Å². The fourth-order valence-corrected chi connectivity index (χ4v) is 3.42. The number of amides is 2. The average molecular weight is 464 g/mol. The van der Waals surface area contributed by atoms with Gasteiger partial charge in [0.15, 0.2) is 5.16 Å². The number of rotatable bonds is 7. The van der Waals surface area contributed by atoms with E-state index in [1.54, 1.807) is 4.57 Å². The van der Waals surface area contributed by atoms with Gasteiger partial charge in [-0.3, -0.25) is 14.2 Å². The number of likely N-dealkylation sites (N-methyl/N-ethyl adjacent to an activating group) is 1. The van der Waals surface area contributed by atoms with Crippen LogP contribution >= 0.6 is 11.8 Å². The van der Waals surface area contributed by atoms with Crippen molar-refractivity contribution in [3.63, 3.8) is 0 Å². The van der Waals surface area contributed by atoms with Gasteiger partial charge in [0, 0.05) is 18.4 Å². The molecule has 3 rings (SSSR count). The van der Waals surface area contributed by atoms with Crippen molar-refractivity contribution >= 4 is 29.3 Å². The van der Waals surface area contributed by atoms with E-state index >= 15 is 0 Å². The molecule has 32 heavy (non-hydrogen) atoms. The van der Waals surface area contributed by atoms with Crippen molar-refractivity contribution in [2.75, 3.05) is 25.2 Å². The maximum Gasteiger partial charge on any atom is 0.573 e. The summed E-state index contributed by atoms with van der Waals surface area (Å²) in [6.45, 7) is -0.270. The lowest BCUT2D eigenvalue weighted by Gasteiger charge is -2.18. The lowest BCUT2D eigenvalue weighted by Crippen LogP contribution is -2.35. The number of carbonyl (C=O) groups is 2. The standard InChI is InChI=1S/C21H19F3N4O3S/c1-27(13-18(29)26-14-8-10-16(11-9-14)31-21(22,23)24)19(30)17-12-25-20(32-2)28(17)15-6-4-3-5-7-15/h3-12H,13H2,1-2H3,(H,26,29). The Morgan fingerprint density at radius 1 is 1.12 bits per heavy atom. The fraction of sp³-hybridized carbons (Fsp3) is 0.190. The number of hydrogen-bond donors (Lipinski definition) is 1. The highest BCUT2D eigenvalue weighted by Crippen LogP contribution is 2.24. The number of carbonyl (C=O) groups excluding carboxylic acids is 2. The maximum atomic E-state index is 13.0. The van der Waals surface area contributed by atoms with Gasteiger partial charge in [0.1, 0.15) is 11.4 Å². The van der Waals surface area contributed by atoms with Crippen LogP contribution in [0.25, 0.3) is 5.69 Å². The molecule has 168 valence electrons. The van der Waals surface area contributed by atoms with Gasteiger partial charge < -0.3 is 15.0 Å². The smallest absolute Gasteiger partial charge is 0.406 e. The number of alkyl halides is 3. The van der Waals surface area contributed by atoms with E-state index in [-0.39, 0.29) is 12.2 Å². The van der Waals surface area contributed by atoms with Crippen molar-refractivity contribution in [1.82, 2.24) is 14.5 Å². The summed E-state index contributed by atoms with van der Waals surface area (Å²) in [6, 6.07) is 13.9. The number of aromatic nitrogens is 2. The third-order valence-electron chi connectivity index (χ3n) is 4.24. The number of para-hydroxylation sites is 1. The summed E-state index contributed by atoms with van der Waals surface area (Å²) in [7, 11) is 1.48. The number of benzene rings is 2. The number of ether oxygens (including phenoxy) is 1. The quantitative estimate of drug-likeness (QED) is 0.531. The Bertz CT molecular complexity index is 1090. The van der Waals surface area contributed by atoms with Gasteiger partial charge in [0.2, 0.25) is 5.91 Å². The number of halogens is 3. The van der Waals surface area contributed by atoms with Crippen molar-refractivity contribution < 1.29 is 27.5 Å². The predicted octanol–water partition coefficient (Wildman–Crippen LogP) is 4.20. The van der Waals surface area contributed by atoms with E-state index in [1.807, 2.05) is 36.6 Å². The molecule has 2 aromatic carbocycles. The molecule has 0 saturated carbocycles. The van der Waals surface area contributed by atoms with Crippen LogP contribution in [-0.4, -0.2) is 52.5 Å². The summed E-state index contributed by atoms with van der Waals surface area (Å²) < 4.78 is 42.2. The van der Waals surface area contributed by atoms with E-state index in [0.29, 0.717) is 10.9 Å². The van der Waals surface area contributed by atoms with Gasteiger partial charge in [-0.2, -0.15) is 0 Å². The van der Waals surface area contributed by atoms with Crippen molar-refractivity contribution in [3.8, 4) is 11.4 Å². The van der Waals surface area contributed by atoms with E-state index in [2.05, 4.69) is 15.0 Å². The summed E-state index contributed by atoms with van der Waals surface area (Å²) in [5, 5.41) is 3.16. The molecular weight excluding hydrogens is 445 g/mol. The first-order valence-electron chi connectivity index (χ1n) is 9.26. The van der Waals surface area contributed by atoms with Crippen molar-refractivity contribution in [1.29, 1.82) is 0 Å². The highest BCUT2D eigenvalue weighted by molar-refractivity contribution is 7.98. The molecule has 2 amide bonds. The second kappa shape index (κ2) is 9.77. The summed E-state index contributed by atoms with van der Waals surface area (Å²) in [5.41, 5.74) is 1.32. The molecule has 1 aromatic heterocycles. The van der Waals surface area contributed by atoms with Gasteiger partial charge in [-0.15, -0.1) is 13.2 Å². The molecule has 11 heteroatoms. The van der Waals surface area contributed by atoms with E-state index in [4.69, 9.17) is 0 Å². The number of nitrogens with zero attached hydrogens (tertiary/aromatic N) is 3. The molecule has 0 unspecified atom stereocenters. The van der Waals surface area contributed by atoms with Crippen molar-refractivity contribution in [3.05, 3.63) is 66.5 Å². The molecule has 1 N–H and O–H groups in total. The number of hydrogen-bond acceptors (Lipinski definition) is 5. The topological polar surface area (TPSA) is 76.5 Å². The SMILES string of the molecule is CSc1ncc(C(=O)N(C)CC(=O)Nc2ccc(OC(F)(F)F)cc2)n1-c1ccccc1. The normalized spacial score (nSPS) is 11.2. The van der Waals surface area contributed by atoms with Crippen LogP contribution in [0.1, 0.15) is 10.5 Å². The Morgan fingerprint density at radius 3 is 2.38 bits per heavy atom. The molecule has 0 aliphatic rings. The minimum atomic E-state index is -4.80. The molecular formula is C21H19F3N4O3S. The summed E-state index contributed by atoms with van der Waals surface area (Å²) in [4.78, 5) is 30.8. The van der Waals surface area contributed by atoms with Gasteiger partial charge >= 0.3 is 6.36 Å². The first-order valence-corrected chi connectivity index (χ1v) is 10.5. The van der Waals surface area contributed by atoms with Crippen molar-refractivity contribution in [2.24, 2.45) is 0 Å². The third kappa shape index (κ3) is 5.82. The minimum absolute atomic E-state index is 0.268. The first-order chi connectivity index (χ1) is 15.2. The molecule has 0 atom stereocenters. The third-order valence-corrected chi connectivity index (χ3v) is 4.90. The van der Waals surface area contributed by atoms with Crippen LogP contribution < -0.4 is 10.1 Å². The van der Waals surface area contributed by atoms with E-state index < -0.39 is 23.9 Å². The molecule has 0 aliphatic heterocycles. The number of imidazole rings is 1. The zero-order valence-electron chi connectivity index (χ0n) is 17.1. The second-order valence-corrected chi connectivity index (χ2v) is 7.36. The fourth-order valence-electron chi connectivity index (χ4n) is 2.88. The Balaban J connectivity index is 1.67.